The van der Waals surface area contributed by atoms with Crippen LogP contribution < -0.4 is 5.32 Å². The largest absolute Gasteiger partial charge is 0.462 e. The standard InChI is InChI=1S/C21H18F2N2O4/c1-2-28-21(27)13-4-3-5-15(10-13)25-19(26)8-9-20-24-12-18(29-20)16-7-6-14(22)11-17(16)23/h3-7,10-12H,2,8-9H2,1H3,(H,25,26). The number of ether oxygens (including phenoxy) is 1. The van der Waals surface area contributed by atoms with Crippen molar-refractivity contribution in [1.29, 1.82) is 0 Å². The maximum Gasteiger partial charge on any atom is 0.338 e. The Morgan fingerprint density at radius 2 is 2.00 bits per heavy atom. The fourth-order valence-electron chi connectivity index (χ4n) is 2.62. The molecule has 2 aromatic carbocycles. The molecule has 3 aromatic rings. The van der Waals surface area contributed by atoms with E-state index >= 15 is 0 Å². The topological polar surface area (TPSA) is 81.4 Å². The van der Waals surface area contributed by atoms with Crippen LogP contribution in [0.15, 0.2) is 53.1 Å². The highest BCUT2D eigenvalue weighted by Gasteiger charge is 2.13. The van der Waals surface area contributed by atoms with Gasteiger partial charge in [0.1, 0.15) is 11.6 Å². The SMILES string of the molecule is CCOC(=O)c1cccc(NC(=O)CCc2ncc(-c3ccc(F)cc3F)o2)c1. The first kappa shape index (κ1) is 20.2. The molecule has 0 saturated carbocycles. The first-order valence-corrected chi connectivity index (χ1v) is 8.93. The molecule has 150 valence electrons. The molecule has 0 saturated heterocycles. The number of aromatic nitrogens is 1. The molecule has 1 heterocycles. The number of oxazole rings is 1. The Bertz CT molecular complexity index is 1030. The Morgan fingerprint density at radius 3 is 2.76 bits per heavy atom. The summed E-state index contributed by atoms with van der Waals surface area (Å²) in [6, 6.07) is 9.56. The first-order chi connectivity index (χ1) is 14.0. The molecule has 0 bridgehead atoms. The zero-order valence-electron chi connectivity index (χ0n) is 15.6. The molecule has 8 heteroatoms. The minimum absolute atomic E-state index is 0.0650. The Balaban J connectivity index is 1.58. The average molecular weight is 400 g/mol. The third-order valence-corrected chi connectivity index (χ3v) is 3.97. The summed E-state index contributed by atoms with van der Waals surface area (Å²) in [6.07, 6.45) is 1.58. The lowest BCUT2D eigenvalue weighted by molar-refractivity contribution is -0.116. The highest BCUT2D eigenvalue weighted by Crippen LogP contribution is 2.24. The molecule has 3 rings (SSSR count). The predicted octanol–water partition coefficient (Wildman–Crippen LogP) is 4.37. The number of aryl methyl sites for hydroxylation is 1. The molecule has 0 aliphatic heterocycles. The maximum absolute atomic E-state index is 13.8. The smallest absolute Gasteiger partial charge is 0.338 e. The highest BCUT2D eigenvalue weighted by molar-refractivity contribution is 5.94. The van der Waals surface area contributed by atoms with Gasteiger partial charge < -0.3 is 14.5 Å². The van der Waals surface area contributed by atoms with Gasteiger partial charge in [0.2, 0.25) is 5.91 Å². The minimum atomic E-state index is -0.757. The monoisotopic (exact) mass is 400 g/mol. The summed E-state index contributed by atoms with van der Waals surface area (Å²) in [7, 11) is 0. The summed E-state index contributed by atoms with van der Waals surface area (Å²) < 4.78 is 37.2. The van der Waals surface area contributed by atoms with Gasteiger partial charge in [-0.25, -0.2) is 18.6 Å². The van der Waals surface area contributed by atoms with Gasteiger partial charge in [0, 0.05) is 24.6 Å². The van der Waals surface area contributed by atoms with E-state index in [1.165, 1.54) is 18.3 Å². The molecule has 29 heavy (non-hydrogen) atoms. The van der Waals surface area contributed by atoms with Crippen molar-refractivity contribution in [3.8, 4) is 11.3 Å². The van der Waals surface area contributed by atoms with Crippen molar-refractivity contribution in [3.63, 3.8) is 0 Å². The number of esters is 1. The minimum Gasteiger partial charge on any atom is -0.462 e. The number of benzene rings is 2. The molecular formula is C21H18F2N2O4. The predicted molar refractivity (Wildman–Crippen MR) is 101 cm³/mol. The number of carbonyl (C=O) groups excluding carboxylic acids is 2. The molecule has 1 amide bonds. The van der Waals surface area contributed by atoms with Crippen LogP contribution >= 0.6 is 0 Å². The number of carbonyl (C=O) groups is 2. The summed E-state index contributed by atoms with van der Waals surface area (Å²) in [5, 5.41) is 2.69. The zero-order valence-corrected chi connectivity index (χ0v) is 15.6. The van der Waals surface area contributed by atoms with Crippen LogP contribution in [0.25, 0.3) is 11.3 Å². The lowest BCUT2D eigenvalue weighted by atomic mass is 10.2. The van der Waals surface area contributed by atoms with Crippen molar-refractivity contribution >= 4 is 17.6 Å². The van der Waals surface area contributed by atoms with E-state index in [2.05, 4.69) is 10.3 Å². The second-order valence-corrected chi connectivity index (χ2v) is 6.09. The van der Waals surface area contributed by atoms with Crippen molar-refractivity contribution in [2.24, 2.45) is 0 Å². The number of hydrogen-bond donors (Lipinski definition) is 1. The van der Waals surface area contributed by atoms with Crippen molar-refractivity contribution in [3.05, 3.63) is 71.8 Å². The zero-order chi connectivity index (χ0) is 20.8. The molecule has 0 aliphatic rings. The Morgan fingerprint density at radius 1 is 1.17 bits per heavy atom. The van der Waals surface area contributed by atoms with Crippen LogP contribution in [0.4, 0.5) is 14.5 Å². The van der Waals surface area contributed by atoms with Gasteiger partial charge in [-0.2, -0.15) is 0 Å². The maximum atomic E-state index is 13.8. The van der Waals surface area contributed by atoms with Gasteiger partial charge in [-0.3, -0.25) is 4.79 Å². The van der Waals surface area contributed by atoms with Gasteiger partial charge in [-0.15, -0.1) is 0 Å². The van der Waals surface area contributed by atoms with E-state index in [1.807, 2.05) is 0 Å². The van der Waals surface area contributed by atoms with E-state index in [-0.39, 0.29) is 42.6 Å². The number of nitrogens with one attached hydrogen (secondary N) is 1. The molecule has 0 radical (unpaired) electrons. The van der Waals surface area contributed by atoms with Crippen LogP contribution in [0.3, 0.4) is 0 Å². The summed E-state index contributed by atoms with van der Waals surface area (Å²) >= 11 is 0. The highest BCUT2D eigenvalue weighted by atomic mass is 19.1. The van der Waals surface area contributed by atoms with Gasteiger partial charge in [0.25, 0.3) is 0 Å². The average Bonchev–Trinajstić information content (AvgIpc) is 3.15. The van der Waals surface area contributed by atoms with Gasteiger partial charge in [-0.05, 0) is 37.3 Å². The summed E-state index contributed by atoms with van der Waals surface area (Å²) in [5.74, 6) is -1.82. The number of rotatable bonds is 7. The van der Waals surface area contributed by atoms with Gasteiger partial charge in [0.15, 0.2) is 11.7 Å². The Labute approximate surface area is 165 Å². The number of nitrogens with zero attached hydrogens (tertiary/aromatic N) is 1. The van der Waals surface area contributed by atoms with Crippen LogP contribution in [0.2, 0.25) is 0 Å². The van der Waals surface area contributed by atoms with E-state index < -0.39 is 17.6 Å². The Hall–Kier alpha value is -3.55. The number of anilines is 1. The number of amides is 1. The van der Waals surface area contributed by atoms with Crippen LogP contribution in [0.5, 0.6) is 0 Å². The molecular weight excluding hydrogens is 382 g/mol. The summed E-state index contributed by atoms with van der Waals surface area (Å²) in [6.45, 7) is 1.97. The van der Waals surface area contributed by atoms with Crippen LogP contribution in [-0.4, -0.2) is 23.5 Å². The molecule has 0 aliphatic carbocycles. The van der Waals surface area contributed by atoms with Gasteiger partial charge in [-0.1, -0.05) is 6.07 Å². The lowest BCUT2D eigenvalue weighted by Crippen LogP contribution is -2.13. The fourth-order valence-corrected chi connectivity index (χ4v) is 2.62. The fraction of sp³-hybridized carbons (Fsp3) is 0.190. The Kier molecular flexibility index (Phi) is 6.33. The van der Waals surface area contributed by atoms with Crippen molar-refractivity contribution in [1.82, 2.24) is 4.98 Å². The third-order valence-electron chi connectivity index (χ3n) is 3.97. The molecule has 0 spiro atoms. The van der Waals surface area contributed by atoms with E-state index in [9.17, 15) is 18.4 Å². The summed E-state index contributed by atoms with van der Waals surface area (Å²) in [4.78, 5) is 27.9. The molecule has 0 unspecified atom stereocenters. The number of hydrogen-bond acceptors (Lipinski definition) is 5. The van der Waals surface area contributed by atoms with Gasteiger partial charge in [0.05, 0.1) is 23.9 Å². The van der Waals surface area contributed by atoms with E-state index in [1.54, 1.807) is 25.1 Å². The second-order valence-electron chi connectivity index (χ2n) is 6.09. The van der Waals surface area contributed by atoms with Crippen molar-refractivity contribution < 1.29 is 27.5 Å². The van der Waals surface area contributed by atoms with E-state index in [0.717, 1.165) is 12.1 Å². The van der Waals surface area contributed by atoms with Crippen molar-refractivity contribution in [2.75, 3.05) is 11.9 Å². The molecule has 1 N–H and O–H groups in total. The van der Waals surface area contributed by atoms with Crippen LogP contribution in [-0.2, 0) is 16.0 Å². The van der Waals surface area contributed by atoms with Gasteiger partial charge >= 0.3 is 5.97 Å². The summed E-state index contributed by atoms with van der Waals surface area (Å²) in [5.41, 5.74) is 0.885. The van der Waals surface area contributed by atoms with Crippen LogP contribution in [0, 0.1) is 11.6 Å². The quantitative estimate of drug-likeness (QED) is 0.596. The molecule has 6 nitrogen and oxygen atoms in total. The van der Waals surface area contributed by atoms with Crippen molar-refractivity contribution in [2.45, 2.75) is 19.8 Å². The molecule has 0 fully saturated rings. The van der Waals surface area contributed by atoms with E-state index in [0.29, 0.717) is 11.3 Å². The second kappa shape index (κ2) is 9.09. The first-order valence-electron chi connectivity index (χ1n) is 8.93. The molecule has 0 atom stereocenters. The normalized spacial score (nSPS) is 10.6. The lowest BCUT2D eigenvalue weighted by Gasteiger charge is -2.07. The third kappa shape index (κ3) is 5.25. The van der Waals surface area contributed by atoms with Crippen LogP contribution in [0.1, 0.15) is 29.6 Å². The molecule has 1 aromatic heterocycles. The number of halogens is 2. The van der Waals surface area contributed by atoms with E-state index in [4.69, 9.17) is 9.15 Å².